The van der Waals surface area contributed by atoms with Crippen molar-refractivity contribution in [2.45, 2.75) is 45.1 Å². The van der Waals surface area contributed by atoms with Crippen LogP contribution in [-0.4, -0.2) is 26.2 Å². The van der Waals surface area contributed by atoms with E-state index in [0.717, 1.165) is 43.5 Å². The molecule has 27 heavy (non-hydrogen) atoms. The lowest BCUT2D eigenvalue weighted by Crippen LogP contribution is -2.37. The van der Waals surface area contributed by atoms with E-state index in [0.29, 0.717) is 12.0 Å². The van der Waals surface area contributed by atoms with Gasteiger partial charge >= 0.3 is 0 Å². The van der Waals surface area contributed by atoms with Crippen molar-refractivity contribution in [2.24, 2.45) is 5.92 Å². The van der Waals surface area contributed by atoms with E-state index in [9.17, 15) is 8.78 Å². The predicted molar refractivity (Wildman–Crippen MR) is 109 cm³/mol. The normalized spacial score (nSPS) is 12.7. The van der Waals surface area contributed by atoms with Crippen molar-refractivity contribution in [2.75, 3.05) is 20.1 Å². The minimum absolute atomic E-state index is 0.142. The molecule has 2 aromatic rings. The molecule has 0 spiro atoms. The molecule has 0 radical (unpaired) electrons. The summed E-state index contributed by atoms with van der Waals surface area (Å²) in [5, 5.41) is 6.90. The molecular formula is C23H32F2N2. The monoisotopic (exact) mass is 374 g/mol. The van der Waals surface area contributed by atoms with Crippen molar-refractivity contribution in [3.05, 3.63) is 71.3 Å². The molecule has 0 aromatic heterocycles. The molecule has 4 heteroatoms. The van der Waals surface area contributed by atoms with Gasteiger partial charge in [0.1, 0.15) is 11.6 Å². The van der Waals surface area contributed by atoms with E-state index in [4.69, 9.17) is 0 Å². The van der Waals surface area contributed by atoms with Gasteiger partial charge in [-0.3, -0.25) is 0 Å². The molecule has 0 heterocycles. The zero-order valence-corrected chi connectivity index (χ0v) is 16.6. The average Bonchev–Trinajstić information content (AvgIpc) is 2.65. The van der Waals surface area contributed by atoms with Crippen LogP contribution in [-0.2, 0) is 0 Å². The van der Waals surface area contributed by atoms with Crippen molar-refractivity contribution in [3.63, 3.8) is 0 Å². The van der Waals surface area contributed by atoms with Gasteiger partial charge in [0, 0.05) is 18.5 Å². The van der Waals surface area contributed by atoms with Crippen LogP contribution in [0.4, 0.5) is 8.78 Å². The Labute approximate surface area is 162 Å². The van der Waals surface area contributed by atoms with E-state index in [2.05, 4.69) is 24.5 Å². The second kappa shape index (κ2) is 11.2. The van der Waals surface area contributed by atoms with Crippen molar-refractivity contribution in [3.8, 4) is 0 Å². The lowest BCUT2D eigenvalue weighted by molar-refractivity contribution is 0.417. The van der Waals surface area contributed by atoms with Gasteiger partial charge in [-0.25, -0.2) is 8.78 Å². The van der Waals surface area contributed by atoms with Gasteiger partial charge in [-0.1, -0.05) is 38.1 Å². The number of hydrogen-bond donors (Lipinski definition) is 2. The molecule has 0 aliphatic carbocycles. The van der Waals surface area contributed by atoms with Crippen LogP contribution in [0.15, 0.2) is 48.5 Å². The molecule has 2 nitrogen and oxygen atoms in total. The number of nitrogens with one attached hydrogen (secondary N) is 2. The first kappa shape index (κ1) is 21.5. The zero-order valence-electron chi connectivity index (χ0n) is 16.6. The fourth-order valence-corrected chi connectivity index (χ4v) is 3.50. The third-order valence-corrected chi connectivity index (χ3v) is 4.95. The Morgan fingerprint density at radius 3 is 1.81 bits per heavy atom. The van der Waals surface area contributed by atoms with Crippen molar-refractivity contribution >= 4 is 0 Å². The van der Waals surface area contributed by atoms with Gasteiger partial charge < -0.3 is 10.6 Å². The molecule has 2 aromatic carbocycles. The highest BCUT2D eigenvalue weighted by atomic mass is 19.1. The first-order valence-electron chi connectivity index (χ1n) is 9.88. The number of rotatable bonds is 11. The van der Waals surface area contributed by atoms with Crippen LogP contribution in [0.1, 0.15) is 50.2 Å². The molecule has 2 N–H and O–H groups in total. The molecule has 2 rings (SSSR count). The maximum Gasteiger partial charge on any atom is 0.123 e. The summed E-state index contributed by atoms with van der Waals surface area (Å²) >= 11 is 0. The van der Waals surface area contributed by atoms with Gasteiger partial charge in [0.15, 0.2) is 0 Å². The second-order valence-corrected chi connectivity index (χ2v) is 7.62. The summed E-state index contributed by atoms with van der Waals surface area (Å²) in [6, 6.07) is 13.8. The molecule has 0 amide bonds. The molecule has 0 saturated heterocycles. The summed E-state index contributed by atoms with van der Waals surface area (Å²) in [5.41, 5.74) is 2.13. The van der Waals surface area contributed by atoms with Gasteiger partial charge in [0.2, 0.25) is 0 Å². The van der Waals surface area contributed by atoms with Gasteiger partial charge in [0.05, 0.1) is 0 Å². The highest BCUT2D eigenvalue weighted by Crippen LogP contribution is 2.29. The van der Waals surface area contributed by atoms with E-state index in [1.165, 1.54) is 24.3 Å². The Bertz CT molecular complexity index is 608. The van der Waals surface area contributed by atoms with Gasteiger partial charge in [-0.05, 0) is 74.2 Å². The summed E-state index contributed by atoms with van der Waals surface area (Å²) in [7, 11) is 2.01. The molecule has 0 fully saturated rings. The van der Waals surface area contributed by atoms with E-state index >= 15 is 0 Å². The van der Waals surface area contributed by atoms with Crippen molar-refractivity contribution in [1.29, 1.82) is 0 Å². The summed E-state index contributed by atoms with van der Waals surface area (Å²) in [6.07, 6.45) is 3.08. The Morgan fingerprint density at radius 1 is 0.852 bits per heavy atom. The van der Waals surface area contributed by atoms with E-state index in [1.807, 2.05) is 31.3 Å². The standard InChI is InChI=1S/C23H32F2N2/c1-17(2)15-22(26-3)16-27-14-4-5-23(18-6-10-20(24)11-7-18)19-8-12-21(25)13-9-19/h6-13,17,22-23,26-27H,4-5,14-16H2,1-3H3. The van der Waals surface area contributed by atoms with E-state index in [-0.39, 0.29) is 17.6 Å². The quantitative estimate of drug-likeness (QED) is 0.535. The molecule has 148 valence electrons. The summed E-state index contributed by atoms with van der Waals surface area (Å²) in [5.74, 6) is 0.345. The predicted octanol–water partition coefficient (Wildman–Crippen LogP) is 5.10. The third-order valence-electron chi connectivity index (χ3n) is 4.95. The molecule has 0 aliphatic rings. The first-order valence-corrected chi connectivity index (χ1v) is 9.88. The highest BCUT2D eigenvalue weighted by molar-refractivity contribution is 5.32. The van der Waals surface area contributed by atoms with Gasteiger partial charge in [-0.2, -0.15) is 0 Å². The van der Waals surface area contributed by atoms with E-state index < -0.39 is 0 Å². The van der Waals surface area contributed by atoms with E-state index in [1.54, 1.807) is 0 Å². The maximum absolute atomic E-state index is 13.3. The molecule has 0 saturated carbocycles. The van der Waals surface area contributed by atoms with Crippen LogP contribution in [0.3, 0.4) is 0 Å². The fraction of sp³-hybridized carbons (Fsp3) is 0.478. The Morgan fingerprint density at radius 2 is 1.37 bits per heavy atom. The molecule has 0 bridgehead atoms. The first-order chi connectivity index (χ1) is 13.0. The summed E-state index contributed by atoms with van der Waals surface area (Å²) < 4.78 is 26.6. The number of benzene rings is 2. The molecule has 1 atom stereocenters. The topological polar surface area (TPSA) is 24.1 Å². The largest absolute Gasteiger partial charge is 0.316 e. The van der Waals surface area contributed by atoms with Crippen molar-refractivity contribution in [1.82, 2.24) is 10.6 Å². The smallest absolute Gasteiger partial charge is 0.123 e. The summed E-state index contributed by atoms with van der Waals surface area (Å²) in [6.45, 7) is 6.35. The molecule has 0 aliphatic heterocycles. The van der Waals surface area contributed by atoms with Crippen LogP contribution in [0.25, 0.3) is 0 Å². The Kier molecular flexibility index (Phi) is 8.89. The van der Waals surface area contributed by atoms with Crippen LogP contribution < -0.4 is 10.6 Å². The number of hydrogen-bond acceptors (Lipinski definition) is 2. The second-order valence-electron chi connectivity index (χ2n) is 7.62. The fourth-order valence-electron chi connectivity index (χ4n) is 3.50. The van der Waals surface area contributed by atoms with Crippen molar-refractivity contribution < 1.29 is 8.78 Å². The number of likely N-dealkylation sites (N-methyl/N-ethyl adjacent to an activating group) is 1. The lowest BCUT2D eigenvalue weighted by Gasteiger charge is -2.20. The lowest BCUT2D eigenvalue weighted by atomic mass is 9.87. The molecule has 1 unspecified atom stereocenters. The highest BCUT2D eigenvalue weighted by Gasteiger charge is 2.15. The maximum atomic E-state index is 13.3. The van der Waals surface area contributed by atoms with Gasteiger partial charge in [0.25, 0.3) is 0 Å². The summed E-state index contributed by atoms with van der Waals surface area (Å²) in [4.78, 5) is 0. The van der Waals surface area contributed by atoms with Crippen LogP contribution >= 0.6 is 0 Å². The molecular weight excluding hydrogens is 342 g/mol. The SMILES string of the molecule is CNC(CNCCCC(c1ccc(F)cc1)c1ccc(F)cc1)CC(C)C. The minimum Gasteiger partial charge on any atom is -0.316 e. The van der Waals surface area contributed by atoms with Crippen LogP contribution in [0, 0.1) is 17.6 Å². The van der Waals surface area contributed by atoms with Crippen LogP contribution in [0.2, 0.25) is 0 Å². The van der Waals surface area contributed by atoms with Crippen LogP contribution in [0.5, 0.6) is 0 Å². The number of halogens is 2. The zero-order chi connectivity index (χ0) is 19.6. The Balaban J connectivity index is 1.93. The average molecular weight is 375 g/mol. The minimum atomic E-state index is -0.235. The third kappa shape index (κ3) is 7.39. The Hall–Kier alpha value is -1.78. The van der Waals surface area contributed by atoms with Gasteiger partial charge in [-0.15, -0.1) is 0 Å².